The van der Waals surface area contributed by atoms with Crippen LogP contribution in [0.3, 0.4) is 0 Å². The van der Waals surface area contributed by atoms with E-state index in [1.54, 1.807) is 18.0 Å². The Bertz CT molecular complexity index is 933. The Morgan fingerprint density at radius 1 is 1.16 bits per heavy atom. The van der Waals surface area contributed by atoms with Gasteiger partial charge in [-0.1, -0.05) is 30.3 Å². The third kappa shape index (κ3) is 4.59. The largest absolute Gasteiger partial charge is 0.325 e. The van der Waals surface area contributed by atoms with Crippen LogP contribution in [0.1, 0.15) is 12.0 Å². The van der Waals surface area contributed by atoms with Gasteiger partial charge in [0.15, 0.2) is 0 Å². The maximum atomic E-state index is 12.4. The standard InChI is InChI=1S/C20H17N3OS/c21-10-5-11-25-19-9-4-3-8-18(19)23-20(24)13-15-12-16-6-1-2-7-17(16)22-14-15/h1-4,6-9,12,14H,5,11,13H2,(H,23,24). The molecule has 25 heavy (non-hydrogen) atoms. The first-order valence-corrected chi connectivity index (χ1v) is 8.97. The van der Waals surface area contributed by atoms with E-state index in [9.17, 15) is 4.79 Å². The SMILES string of the molecule is N#CCCSc1ccccc1NC(=O)Cc1cnc2ccccc2c1. The Balaban J connectivity index is 1.68. The molecule has 0 unspecified atom stereocenters. The Kier molecular flexibility index (Phi) is 5.65. The number of anilines is 1. The van der Waals surface area contributed by atoms with Crippen LogP contribution < -0.4 is 5.32 Å². The van der Waals surface area contributed by atoms with E-state index in [2.05, 4.69) is 16.4 Å². The highest BCUT2D eigenvalue weighted by Gasteiger charge is 2.09. The molecule has 4 nitrogen and oxygen atoms in total. The number of benzene rings is 2. The molecule has 1 heterocycles. The Morgan fingerprint density at radius 2 is 1.96 bits per heavy atom. The molecule has 0 saturated carbocycles. The zero-order chi connectivity index (χ0) is 17.5. The van der Waals surface area contributed by atoms with E-state index in [1.807, 2.05) is 54.6 Å². The van der Waals surface area contributed by atoms with E-state index in [1.165, 1.54) is 0 Å². The molecule has 0 aliphatic heterocycles. The van der Waals surface area contributed by atoms with Gasteiger partial charge in [0, 0.05) is 28.7 Å². The normalized spacial score (nSPS) is 10.4. The van der Waals surface area contributed by atoms with Crippen LogP contribution in [0.5, 0.6) is 0 Å². The van der Waals surface area contributed by atoms with Crippen LogP contribution in [0.15, 0.2) is 65.7 Å². The molecule has 124 valence electrons. The number of hydrogen-bond donors (Lipinski definition) is 1. The van der Waals surface area contributed by atoms with Gasteiger partial charge in [0.2, 0.25) is 5.91 Å². The van der Waals surface area contributed by atoms with E-state index in [-0.39, 0.29) is 12.3 Å². The molecule has 0 spiro atoms. The first-order valence-electron chi connectivity index (χ1n) is 7.98. The number of thioether (sulfide) groups is 1. The fraction of sp³-hybridized carbons (Fsp3) is 0.150. The minimum Gasteiger partial charge on any atom is -0.325 e. The predicted molar refractivity (Wildman–Crippen MR) is 101 cm³/mol. The molecule has 3 rings (SSSR count). The molecule has 1 amide bonds. The van der Waals surface area contributed by atoms with Crippen molar-refractivity contribution in [1.29, 1.82) is 5.26 Å². The number of nitriles is 1. The van der Waals surface area contributed by atoms with Crippen molar-refractivity contribution in [3.05, 3.63) is 66.4 Å². The summed E-state index contributed by atoms with van der Waals surface area (Å²) in [4.78, 5) is 17.8. The number of carbonyl (C=O) groups excluding carboxylic acids is 1. The van der Waals surface area contributed by atoms with Crippen molar-refractivity contribution in [2.24, 2.45) is 0 Å². The average Bonchev–Trinajstić information content (AvgIpc) is 2.63. The second-order valence-electron chi connectivity index (χ2n) is 5.51. The van der Waals surface area contributed by atoms with E-state index < -0.39 is 0 Å². The second kappa shape index (κ2) is 8.32. The number of para-hydroxylation sites is 2. The highest BCUT2D eigenvalue weighted by molar-refractivity contribution is 7.99. The molecule has 5 heteroatoms. The monoisotopic (exact) mass is 347 g/mol. The number of fused-ring (bicyclic) bond motifs is 1. The van der Waals surface area contributed by atoms with Crippen LogP contribution in [0.2, 0.25) is 0 Å². The van der Waals surface area contributed by atoms with Crippen LogP contribution in [-0.4, -0.2) is 16.6 Å². The van der Waals surface area contributed by atoms with E-state index in [4.69, 9.17) is 5.26 Å². The number of hydrogen-bond acceptors (Lipinski definition) is 4. The van der Waals surface area contributed by atoms with Crippen LogP contribution in [0, 0.1) is 11.3 Å². The van der Waals surface area contributed by atoms with Crippen molar-refractivity contribution in [2.75, 3.05) is 11.1 Å². The summed E-state index contributed by atoms with van der Waals surface area (Å²) in [6, 6.07) is 19.6. The van der Waals surface area contributed by atoms with Gasteiger partial charge in [0.1, 0.15) is 0 Å². The third-order valence-corrected chi connectivity index (χ3v) is 4.72. The van der Waals surface area contributed by atoms with Gasteiger partial charge in [-0.2, -0.15) is 5.26 Å². The Morgan fingerprint density at radius 3 is 2.84 bits per heavy atom. The second-order valence-corrected chi connectivity index (χ2v) is 6.65. The molecule has 1 aromatic heterocycles. The lowest BCUT2D eigenvalue weighted by Crippen LogP contribution is -2.15. The molecule has 2 aromatic carbocycles. The van der Waals surface area contributed by atoms with Gasteiger partial charge < -0.3 is 5.32 Å². The third-order valence-electron chi connectivity index (χ3n) is 3.64. The Labute approximate surface area is 150 Å². The van der Waals surface area contributed by atoms with Gasteiger partial charge in [0.05, 0.1) is 23.7 Å². The number of carbonyl (C=O) groups is 1. The summed E-state index contributed by atoms with van der Waals surface area (Å²) in [5, 5.41) is 12.7. The summed E-state index contributed by atoms with van der Waals surface area (Å²) in [5.74, 6) is 0.628. The van der Waals surface area contributed by atoms with Gasteiger partial charge in [-0.3, -0.25) is 9.78 Å². The summed E-state index contributed by atoms with van der Waals surface area (Å²) in [6.45, 7) is 0. The van der Waals surface area contributed by atoms with Crippen molar-refractivity contribution in [1.82, 2.24) is 4.98 Å². The zero-order valence-electron chi connectivity index (χ0n) is 13.6. The topological polar surface area (TPSA) is 65.8 Å². The molecular formula is C20H17N3OS. The molecular weight excluding hydrogens is 330 g/mol. The minimum atomic E-state index is -0.0783. The first kappa shape index (κ1) is 17.0. The van der Waals surface area contributed by atoms with Gasteiger partial charge in [0.25, 0.3) is 0 Å². The maximum Gasteiger partial charge on any atom is 0.228 e. The molecule has 0 aliphatic carbocycles. The molecule has 0 aliphatic rings. The molecule has 0 fully saturated rings. The zero-order valence-corrected chi connectivity index (χ0v) is 14.4. The average molecular weight is 347 g/mol. The number of amides is 1. The molecule has 3 aromatic rings. The lowest BCUT2D eigenvalue weighted by Gasteiger charge is -2.10. The summed E-state index contributed by atoms with van der Waals surface area (Å²) >= 11 is 1.57. The lowest BCUT2D eigenvalue weighted by atomic mass is 10.1. The number of rotatable bonds is 6. The number of aromatic nitrogens is 1. The summed E-state index contributed by atoms with van der Waals surface area (Å²) < 4.78 is 0. The van der Waals surface area contributed by atoms with Crippen molar-refractivity contribution in [2.45, 2.75) is 17.7 Å². The van der Waals surface area contributed by atoms with Crippen molar-refractivity contribution < 1.29 is 4.79 Å². The van der Waals surface area contributed by atoms with E-state index in [0.717, 1.165) is 27.0 Å². The summed E-state index contributed by atoms with van der Waals surface area (Å²) in [7, 11) is 0. The number of nitrogens with one attached hydrogen (secondary N) is 1. The minimum absolute atomic E-state index is 0.0783. The fourth-order valence-electron chi connectivity index (χ4n) is 2.50. The number of nitrogens with zero attached hydrogens (tertiary/aromatic N) is 2. The smallest absolute Gasteiger partial charge is 0.228 e. The Hall–Kier alpha value is -2.84. The van der Waals surface area contributed by atoms with Crippen LogP contribution in [-0.2, 0) is 11.2 Å². The van der Waals surface area contributed by atoms with Gasteiger partial charge in [-0.15, -0.1) is 11.8 Å². The number of pyridine rings is 1. The highest BCUT2D eigenvalue weighted by atomic mass is 32.2. The molecule has 0 saturated heterocycles. The van der Waals surface area contributed by atoms with Gasteiger partial charge in [-0.25, -0.2) is 0 Å². The maximum absolute atomic E-state index is 12.4. The van der Waals surface area contributed by atoms with Gasteiger partial charge in [-0.05, 0) is 29.8 Å². The van der Waals surface area contributed by atoms with Crippen LogP contribution in [0.25, 0.3) is 10.9 Å². The predicted octanol–water partition coefficient (Wildman–Crippen LogP) is 4.42. The van der Waals surface area contributed by atoms with Gasteiger partial charge >= 0.3 is 0 Å². The highest BCUT2D eigenvalue weighted by Crippen LogP contribution is 2.27. The van der Waals surface area contributed by atoms with Crippen molar-refractivity contribution in [3.63, 3.8) is 0 Å². The quantitative estimate of drug-likeness (QED) is 0.529. The molecule has 0 atom stereocenters. The van der Waals surface area contributed by atoms with E-state index >= 15 is 0 Å². The molecule has 0 bridgehead atoms. The molecule has 0 radical (unpaired) electrons. The first-order chi connectivity index (χ1) is 12.3. The van der Waals surface area contributed by atoms with Crippen LogP contribution in [0.4, 0.5) is 5.69 Å². The van der Waals surface area contributed by atoms with E-state index in [0.29, 0.717) is 12.2 Å². The van der Waals surface area contributed by atoms with Crippen LogP contribution >= 0.6 is 11.8 Å². The van der Waals surface area contributed by atoms with Crippen molar-refractivity contribution in [3.8, 4) is 6.07 Å². The molecule has 1 N–H and O–H groups in total. The summed E-state index contributed by atoms with van der Waals surface area (Å²) in [5.41, 5.74) is 2.58. The van der Waals surface area contributed by atoms with Crippen molar-refractivity contribution >= 4 is 34.3 Å². The summed E-state index contributed by atoms with van der Waals surface area (Å²) in [6.07, 6.45) is 2.50. The fourth-order valence-corrected chi connectivity index (χ4v) is 3.36. The lowest BCUT2D eigenvalue weighted by molar-refractivity contribution is -0.115.